The number of methoxy groups -OCH3 is 1. The van der Waals surface area contributed by atoms with Gasteiger partial charge in [0.05, 0.1) is 34.7 Å². The molecule has 0 aliphatic carbocycles. The summed E-state index contributed by atoms with van der Waals surface area (Å²) in [7, 11) is 1.59. The number of alkyl halides is 1. The van der Waals surface area contributed by atoms with Gasteiger partial charge >= 0.3 is 0 Å². The molecular weight excluding hydrogens is 314 g/mol. The van der Waals surface area contributed by atoms with Crippen LogP contribution in [0.2, 0.25) is 5.02 Å². The van der Waals surface area contributed by atoms with E-state index in [9.17, 15) is 4.39 Å². The number of hydrogen-bond donors (Lipinski definition) is 0. The van der Waals surface area contributed by atoms with Gasteiger partial charge in [0, 0.05) is 12.1 Å². The van der Waals surface area contributed by atoms with E-state index in [4.69, 9.17) is 27.9 Å². The molecule has 3 rings (SSSR count). The Hall–Kier alpha value is -1.78. The third-order valence-corrected chi connectivity index (χ3v) is 3.73. The minimum absolute atomic E-state index is 0.0407. The lowest BCUT2D eigenvalue weighted by Gasteiger charge is -2.09. The summed E-state index contributed by atoms with van der Waals surface area (Å²) in [4.78, 5) is 4.40. The molecule has 0 saturated heterocycles. The van der Waals surface area contributed by atoms with Crippen LogP contribution in [0.15, 0.2) is 36.4 Å². The minimum Gasteiger partial charge on any atom is -0.497 e. The molecule has 2 aromatic carbocycles. The predicted molar refractivity (Wildman–Crippen MR) is 82.1 cm³/mol. The first-order valence-electron chi connectivity index (χ1n) is 6.21. The largest absolute Gasteiger partial charge is 0.497 e. The molecule has 1 aromatic heterocycles. The fourth-order valence-corrected chi connectivity index (χ4v) is 2.59. The quantitative estimate of drug-likeness (QED) is 0.660. The first kappa shape index (κ1) is 14.2. The number of nitrogens with zero attached hydrogens (tertiary/aromatic N) is 2. The maximum atomic E-state index is 13.8. The van der Waals surface area contributed by atoms with Crippen LogP contribution in [-0.4, -0.2) is 16.7 Å². The molecule has 108 valence electrons. The zero-order chi connectivity index (χ0) is 15.0. The molecule has 1 heterocycles. The summed E-state index contributed by atoms with van der Waals surface area (Å²) in [6.07, 6.45) is 0. The van der Waals surface area contributed by atoms with E-state index in [-0.39, 0.29) is 10.9 Å². The monoisotopic (exact) mass is 324 g/mol. The van der Waals surface area contributed by atoms with E-state index in [0.29, 0.717) is 22.6 Å². The van der Waals surface area contributed by atoms with E-state index in [0.717, 1.165) is 5.69 Å². The van der Waals surface area contributed by atoms with Gasteiger partial charge in [-0.2, -0.15) is 0 Å². The lowest BCUT2D eigenvalue weighted by Crippen LogP contribution is -1.99. The van der Waals surface area contributed by atoms with Gasteiger partial charge in [-0.3, -0.25) is 4.57 Å². The van der Waals surface area contributed by atoms with Gasteiger partial charge in [0.25, 0.3) is 0 Å². The summed E-state index contributed by atoms with van der Waals surface area (Å²) in [5.74, 6) is 1.02. The van der Waals surface area contributed by atoms with Crippen molar-refractivity contribution in [2.75, 3.05) is 7.11 Å². The normalized spacial score (nSPS) is 11.0. The molecule has 0 aliphatic rings. The Morgan fingerprint density at radius 2 is 2.10 bits per heavy atom. The van der Waals surface area contributed by atoms with Gasteiger partial charge in [-0.1, -0.05) is 17.7 Å². The second-order valence-corrected chi connectivity index (χ2v) is 5.13. The molecule has 0 spiro atoms. The molecule has 0 fully saturated rings. The summed E-state index contributed by atoms with van der Waals surface area (Å²) in [6, 6.07) is 10.3. The van der Waals surface area contributed by atoms with Crippen LogP contribution in [0.4, 0.5) is 4.39 Å². The summed E-state index contributed by atoms with van der Waals surface area (Å²) in [5, 5.41) is 0.0407. The Morgan fingerprint density at radius 1 is 1.29 bits per heavy atom. The fraction of sp³-hybridized carbons (Fsp3) is 0.133. The van der Waals surface area contributed by atoms with Crippen molar-refractivity contribution >= 4 is 34.2 Å². The van der Waals surface area contributed by atoms with Crippen molar-refractivity contribution < 1.29 is 9.13 Å². The molecule has 21 heavy (non-hydrogen) atoms. The SMILES string of the molecule is COc1cccc(-n2c(CCl)nc3cc(Cl)c(F)cc32)c1. The molecule has 0 N–H and O–H groups in total. The molecule has 6 heteroatoms. The second-order valence-electron chi connectivity index (χ2n) is 4.45. The molecular formula is C15H11Cl2FN2O. The van der Waals surface area contributed by atoms with E-state index < -0.39 is 5.82 Å². The zero-order valence-corrected chi connectivity index (χ0v) is 12.6. The van der Waals surface area contributed by atoms with Crippen LogP contribution in [0.25, 0.3) is 16.7 Å². The summed E-state index contributed by atoms with van der Waals surface area (Å²) >= 11 is 11.8. The van der Waals surface area contributed by atoms with Crippen LogP contribution < -0.4 is 4.74 Å². The third kappa shape index (κ3) is 2.45. The first-order chi connectivity index (χ1) is 10.1. The van der Waals surface area contributed by atoms with Crippen molar-refractivity contribution in [3.63, 3.8) is 0 Å². The highest BCUT2D eigenvalue weighted by Gasteiger charge is 2.14. The Morgan fingerprint density at radius 3 is 2.81 bits per heavy atom. The fourth-order valence-electron chi connectivity index (χ4n) is 2.25. The standard InChI is InChI=1S/C15H11Cl2FN2O/c1-21-10-4-2-3-9(5-10)20-14-7-12(18)11(17)6-13(14)19-15(20)8-16/h2-7H,8H2,1H3. The van der Waals surface area contributed by atoms with Gasteiger partial charge in [-0.15, -0.1) is 11.6 Å². The molecule has 0 atom stereocenters. The van der Waals surface area contributed by atoms with Crippen LogP contribution >= 0.6 is 23.2 Å². The lowest BCUT2D eigenvalue weighted by atomic mass is 10.2. The number of rotatable bonds is 3. The highest BCUT2D eigenvalue weighted by molar-refractivity contribution is 6.31. The highest BCUT2D eigenvalue weighted by Crippen LogP contribution is 2.28. The van der Waals surface area contributed by atoms with Crippen LogP contribution in [0.1, 0.15) is 5.82 Å². The Balaban J connectivity index is 2.31. The van der Waals surface area contributed by atoms with Crippen molar-refractivity contribution in [1.82, 2.24) is 9.55 Å². The van der Waals surface area contributed by atoms with E-state index in [2.05, 4.69) is 4.98 Å². The number of aromatic nitrogens is 2. The van der Waals surface area contributed by atoms with Gasteiger partial charge in [-0.25, -0.2) is 9.37 Å². The molecule has 0 aliphatic heterocycles. The van der Waals surface area contributed by atoms with Crippen LogP contribution in [0.5, 0.6) is 5.75 Å². The van der Waals surface area contributed by atoms with Crippen LogP contribution in [0.3, 0.4) is 0 Å². The molecule has 0 saturated carbocycles. The number of fused-ring (bicyclic) bond motifs is 1. The van der Waals surface area contributed by atoms with Crippen LogP contribution in [-0.2, 0) is 5.88 Å². The summed E-state index contributed by atoms with van der Waals surface area (Å²) in [5.41, 5.74) is 2.01. The van der Waals surface area contributed by atoms with Gasteiger partial charge < -0.3 is 4.74 Å². The predicted octanol–water partition coefficient (Wildman–Crippen LogP) is 4.57. The smallest absolute Gasteiger partial charge is 0.144 e. The van der Waals surface area contributed by atoms with Crippen molar-refractivity contribution in [1.29, 1.82) is 0 Å². The van der Waals surface area contributed by atoms with Gasteiger partial charge in [0.1, 0.15) is 17.4 Å². The molecule has 3 nitrogen and oxygen atoms in total. The summed E-state index contributed by atoms with van der Waals surface area (Å²) in [6.45, 7) is 0. The second kappa shape index (κ2) is 5.54. The van der Waals surface area contributed by atoms with E-state index in [1.165, 1.54) is 12.1 Å². The first-order valence-corrected chi connectivity index (χ1v) is 7.12. The van der Waals surface area contributed by atoms with Gasteiger partial charge in [0.2, 0.25) is 0 Å². The van der Waals surface area contributed by atoms with Crippen molar-refractivity contribution in [3.05, 3.63) is 53.1 Å². The maximum absolute atomic E-state index is 13.8. The molecule has 0 amide bonds. The van der Waals surface area contributed by atoms with E-state index >= 15 is 0 Å². The number of hydrogen-bond acceptors (Lipinski definition) is 2. The third-order valence-electron chi connectivity index (χ3n) is 3.20. The average Bonchev–Trinajstić information content (AvgIpc) is 2.85. The lowest BCUT2D eigenvalue weighted by molar-refractivity contribution is 0.414. The molecule has 0 radical (unpaired) electrons. The molecule has 0 unspecified atom stereocenters. The van der Waals surface area contributed by atoms with E-state index in [1.807, 2.05) is 24.3 Å². The number of ether oxygens (including phenoxy) is 1. The number of imidazole rings is 1. The molecule has 0 bridgehead atoms. The summed E-state index contributed by atoms with van der Waals surface area (Å²) < 4.78 is 20.8. The molecule has 3 aromatic rings. The Bertz CT molecular complexity index is 817. The highest BCUT2D eigenvalue weighted by atomic mass is 35.5. The topological polar surface area (TPSA) is 27.1 Å². The van der Waals surface area contributed by atoms with Crippen molar-refractivity contribution in [2.45, 2.75) is 5.88 Å². The number of halogens is 3. The average molecular weight is 325 g/mol. The maximum Gasteiger partial charge on any atom is 0.144 e. The van der Waals surface area contributed by atoms with Crippen molar-refractivity contribution in [2.24, 2.45) is 0 Å². The van der Waals surface area contributed by atoms with Gasteiger partial charge in [0.15, 0.2) is 0 Å². The number of benzene rings is 2. The van der Waals surface area contributed by atoms with Crippen LogP contribution in [0, 0.1) is 5.82 Å². The minimum atomic E-state index is -0.491. The Kier molecular flexibility index (Phi) is 3.74. The van der Waals surface area contributed by atoms with E-state index in [1.54, 1.807) is 11.7 Å². The zero-order valence-electron chi connectivity index (χ0n) is 11.1. The van der Waals surface area contributed by atoms with Crippen molar-refractivity contribution in [3.8, 4) is 11.4 Å². The Labute approximate surface area is 130 Å². The van der Waals surface area contributed by atoms with Gasteiger partial charge in [-0.05, 0) is 18.2 Å².